The highest BCUT2D eigenvalue weighted by atomic mass is 16.6. The minimum absolute atomic E-state index is 0.143. The van der Waals surface area contributed by atoms with Crippen LogP contribution in [0.2, 0.25) is 0 Å². The van der Waals surface area contributed by atoms with Gasteiger partial charge in [-0.1, -0.05) is 30.3 Å². The van der Waals surface area contributed by atoms with Crippen LogP contribution >= 0.6 is 0 Å². The largest absolute Gasteiger partial charge is 0.493 e. The standard InChI is InChI=1S/C18H21N3O4/c1-13-7-5-8-14(2)17(13)25-12-6-11-19-18(22)20-15-9-3-4-10-16(15)21(23)24/h3-5,7-10H,6,11-12H2,1-2H3,(H2,19,20,22). The van der Waals surface area contributed by atoms with Crippen LogP contribution in [0.1, 0.15) is 17.5 Å². The van der Waals surface area contributed by atoms with Gasteiger partial charge in [-0.05, 0) is 37.5 Å². The Morgan fingerprint density at radius 1 is 1.12 bits per heavy atom. The fourth-order valence-electron chi connectivity index (χ4n) is 2.38. The number of hydrogen-bond donors (Lipinski definition) is 2. The molecule has 132 valence electrons. The second-order valence-electron chi connectivity index (χ2n) is 5.58. The molecule has 0 heterocycles. The van der Waals surface area contributed by atoms with E-state index in [0.29, 0.717) is 19.6 Å². The zero-order valence-corrected chi connectivity index (χ0v) is 14.2. The van der Waals surface area contributed by atoms with Gasteiger partial charge in [0.05, 0.1) is 11.5 Å². The van der Waals surface area contributed by atoms with Crippen molar-refractivity contribution in [3.05, 3.63) is 63.7 Å². The van der Waals surface area contributed by atoms with Crippen molar-refractivity contribution in [3.8, 4) is 5.75 Å². The second kappa shape index (κ2) is 8.68. The number of aryl methyl sites for hydroxylation is 2. The fraction of sp³-hybridized carbons (Fsp3) is 0.278. The third-order valence-electron chi connectivity index (χ3n) is 3.61. The molecular weight excluding hydrogens is 322 g/mol. The summed E-state index contributed by atoms with van der Waals surface area (Å²) in [5, 5.41) is 16.1. The number of nitro groups is 1. The number of ether oxygens (including phenoxy) is 1. The Labute approximate surface area is 146 Å². The maximum Gasteiger partial charge on any atom is 0.319 e. The number of urea groups is 1. The molecule has 25 heavy (non-hydrogen) atoms. The number of nitro benzene ring substituents is 1. The molecule has 0 spiro atoms. The average molecular weight is 343 g/mol. The summed E-state index contributed by atoms with van der Waals surface area (Å²) in [6.07, 6.45) is 0.623. The van der Waals surface area contributed by atoms with Gasteiger partial charge in [0, 0.05) is 12.6 Å². The van der Waals surface area contributed by atoms with Crippen molar-refractivity contribution in [2.45, 2.75) is 20.3 Å². The number of carbonyl (C=O) groups is 1. The Bertz CT molecular complexity index is 741. The van der Waals surface area contributed by atoms with Gasteiger partial charge in [-0.25, -0.2) is 4.79 Å². The molecule has 2 rings (SSSR count). The maximum absolute atomic E-state index is 11.8. The molecule has 2 N–H and O–H groups in total. The summed E-state index contributed by atoms with van der Waals surface area (Å²) in [5.74, 6) is 0.867. The normalized spacial score (nSPS) is 10.2. The molecule has 2 amide bonds. The Balaban J connectivity index is 1.75. The van der Waals surface area contributed by atoms with E-state index in [0.717, 1.165) is 16.9 Å². The topological polar surface area (TPSA) is 93.5 Å². The maximum atomic E-state index is 11.8. The molecule has 0 saturated carbocycles. The van der Waals surface area contributed by atoms with Crippen LogP contribution in [-0.2, 0) is 0 Å². The van der Waals surface area contributed by atoms with E-state index >= 15 is 0 Å². The number of amides is 2. The van der Waals surface area contributed by atoms with Crippen LogP contribution in [0.3, 0.4) is 0 Å². The van der Waals surface area contributed by atoms with Crippen LogP contribution in [0.25, 0.3) is 0 Å². The first-order chi connectivity index (χ1) is 12.0. The minimum atomic E-state index is -0.534. The summed E-state index contributed by atoms with van der Waals surface area (Å²) < 4.78 is 5.76. The molecule has 0 bridgehead atoms. The number of hydrogen-bond acceptors (Lipinski definition) is 4. The van der Waals surface area contributed by atoms with Crippen LogP contribution in [0.5, 0.6) is 5.75 Å². The van der Waals surface area contributed by atoms with E-state index in [1.54, 1.807) is 12.1 Å². The molecular formula is C18H21N3O4. The number of anilines is 1. The van der Waals surface area contributed by atoms with Gasteiger partial charge in [-0.2, -0.15) is 0 Å². The van der Waals surface area contributed by atoms with Gasteiger partial charge in [0.25, 0.3) is 5.69 Å². The molecule has 0 unspecified atom stereocenters. The summed E-state index contributed by atoms with van der Waals surface area (Å²) in [5.41, 5.74) is 2.16. The molecule has 0 aliphatic heterocycles. The minimum Gasteiger partial charge on any atom is -0.493 e. The van der Waals surface area contributed by atoms with Gasteiger partial charge >= 0.3 is 6.03 Å². The van der Waals surface area contributed by atoms with Crippen LogP contribution in [0, 0.1) is 24.0 Å². The number of nitrogens with one attached hydrogen (secondary N) is 2. The summed E-state index contributed by atoms with van der Waals surface area (Å²) in [6, 6.07) is 11.5. The predicted molar refractivity (Wildman–Crippen MR) is 96.1 cm³/mol. The number of carbonyl (C=O) groups excluding carboxylic acids is 1. The zero-order chi connectivity index (χ0) is 18.2. The van der Waals surface area contributed by atoms with Gasteiger partial charge in [0.15, 0.2) is 0 Å². The highest BCUT2D eigenvalue weighted by molar-refractivity contribution is 5.91. The molecule has 0 saturated heterocycles. The van der Waals surface area contributed by atoms with E-state index in [-0.39, 0.29) is 11.4 Å². The van der Waals surface area contributed by atoms with Crippen molar-refractivity contribution in [2.24, 2.45) is 0 Å². The second-order valence-corrected chi connectivity index (χ2v) is 5.58. The number of benzene rings is 2. The Morgan fingerprint density at radius 3 is 2.48 bits per heavy atom. The third-order valence-corrected chi connectivity index (χ3v) is 3.61. The third kappa shape index (κ3) is 5.20. The summed E-state index contributed by atoms with van der Waals surface area (Å²) in [6.45, 7) is 4.84. The summed E-state index contributed by atoms with van der Waals surface area (Å²) in [7, 11) is 0. The van der Waals surface area contributed by atoms with Crippen LogP contribution in [0.4, 0.5) is 16.2 Å². The molecule has 2 aromatic rings. The lowest BCUT2D eigenvalue weighted by Crippen LogP contribution is -2.30. The SMILES string of the molecule is Cc1cccc(C)c1OCCCNC(=O)Nc1ccccc1[N+](=O)[O-]. The van der Waals surface area contributed by atoms with Gasteiger partial charge in [0.2, 0.25) is 0 Å². The Kier molecular flexibility index (Phi) is 6.33. The van der Waals surface area contributed by atoms with Crippen molar-refractivity contribution in [1.29, 1.82) is 0 Å². The molecule has 0 aliphatic rings. The first kappa shape index (κ1) is 18.3. The molecule has 0 radical (unpaired) electrons. The highest BCUT2D eigenvalue weighted by Gasteiger charge is 2.14. The smallest absolute Gasteiger partial charge is 0.319 e. The monoisotopic (exact) mass is 343 g/mol. The molecule has 0 fully saturated rings. The van der Waals surface area contributed by atoms with Crippen molar-refractivity contribution >= 4 is 17.4 Å². The van der Waals surface area contributed by atoms with E-state index in [2.05, 4.69) is 10.6 Å². The number of para-hydroxylation sites is 3. The van der Waals surface area contributed by atoms with Crippen LogP contribution in [0.15, 0.2) is 42.5 Å². The van der Waals surface area contributed by atoms with Crippen molar-refractivity contribution in [2.75, 3.05) is 18.5 Å². The van der Waals surface area contributed by atoms with E-state index in [1.165, 1.54) is 12.1 Å². The highest BCUT2D eigenvalue weighted by Crippen LogP contribution is 2.23. The van der Waals surface area contributed by atoms with Crippen molar-refractivity contribution < 1.29 is 14.5 Å². The quantitative estimate of drug-likeness (QED) is 0.454. The molecule has 0 aromatic heterocycles. The van der Waals surface area contributed by atoms with Gasteiger partial charge in [0.1, 0.15) is 11.4 Å². The van der Waals surface area contributed by atoms with Crippen LogP contribution in [-0.4, -0.2) is 24.1 Å². The number of rotatable bonds is 7. The van der Waals surface area contributed by atoms with Gasteiger partial charge in [-0.3, -0.25) is 10.1 Å². The van der Waals surface area contributed by atoms with Gasteiger partial charge in [-0.15, -0.1) is 0 Å². The van der Waals surface area contributed by atoms with Crippen molar-refractivity contribution in [3.63, 3.8) is 0 Å². The lowest BCUT2D eigenvalue weighted by Gasteiger charge is -2.12. The first-order valence-corrected chi connectivity index (χ1v) is 7.96. The Hall–Kier alpha value is -3.09. The van der Waals surface area contributed by atoms with Crippen molar-refractivity contribution in [1.82, 2.24) is 5.32 Å². The molecule has 0 aliphatic carbocycles. The molecule has 0 atom stereocenters. The van der Waals surface area contributed by atoms with E-state index in [4.69, 9.17) is 4.74 Å². The van der Waals surface area contributed by atoms with Crippen LogP contribution < -0.4 is 15.4 Å². The van der Waals surface area contributed by atoms with Gasteiger partial charge < -0.3 is 15.4 Å². The van der Waals surface area contributed by atoms with E-state index in [9.17, 15) is 14.9 Å². The summed E-state index contributed by atoms with van der Waals surface area (Å²) in [4.78, 5) is 22.2. The lowest BCUT2D eigenvalue weighted by atomic mass is 10.1. The fourth-order valence-corrected chi connectivity index (χ4v) is 2.38. The molecule has 2 aromatic carbocycles. The lowest BCUT2D eigenvalue weighted by molar-refractivity contribution is -0.383. The Morgan fingerprint density at radius 2 is 1.80 bits per heavy atom. The zero-order valence-electron chi connectivity index (χ0n) is 14.2. The average Bonchev–Trinajstić information content (AvgIpc) is 2.57. The predicted octanol–water partition coefficient (Wildman–Crippen LogP) is 3.80. The van der Waals surface area contributed by atoms with E-state index < -0.39 is 11.0 Å². The first-order valence-electron chi connectivity index (χ1n) is 7.96. The summed E-state index contributed by atoms with van der Waals surface area (Å²) >= 11 is 0. The number of nitrogens with zero attached hydrogens (tertiary/aromatic N) is 1. The molecule has 7 nitrogen and oxygen atoms in total. The molecule has 7 heteroatoms. The van der Waals surface area contributed by atoms with E-state index in [1.807, 2.05) is 32.0 Å².